The standard InChI is InChI=1S/C13H21N3S/c1-8-12(10-5-11(14)6-10)17-13(15-8)9-3-4-16(2)7-9/h9-11H,3-7,14H2,1-2H3. The Bertz CT molecular complexity index is 409. The van der Waals surface area contributed by atoms with Crippen molar-refractivity contribution in [2.24, 2.45) is 5.73 Å². The quantitative estimate of drug-likeness (QED) is 0.875. The topological polar surface area (TPSA) is 42.2 Å². The molecule has 3 rings (SSSR count). The molecule has 1 unspecified atom stereocenters. The number of likely N-dealkylation sites (N-methyl/N-ethyl adjacent to an activating group) is 1. The number of aromatic nitrogens is 1. The SMILES string of the molecule is Cc1nc(C2CCN(C)C2)sc1C1CC(N)C1. The van der Waals surface area contributed by atoms with Crippen LogP contribution in [0.3, 0.4) is 0 Å². The highest BCUT2D eigenvalue weighted by Crippen LogP contribution is 2.42. The van der Waals surface area contributed by atoms with Crippen LogP contribution in [0.2, 0.25) is 0 Å². The van der Waals surface area contributed by atoms with E-state index in [0.717, 1.165) is 12.8 Å². The predicted molar refractivity (Wildman–Crippen MR) is 71.7 cm³/mol. The van der Waals surface area contributed by atoms with E-state index in [2.05, 4.69) is 18.9 Å². The summed E-state index contributed by atoms with van der Waals surface area (Å²) in [5.74, 6) is 1.38. The molecule has 1 aliphatic carbocycles. The van der Waals surface area contributed by atoms with Crippen LogP contribution < -0.4 is 5.73 Å². The van der Waals surface area contributed by atoms with Crippen molar-refractivity contribution >= 4 is 11.3 Å². The van der Waals surface area contributed by atoms with Crippen LogP contribution in [-0.2, 0) is 0 Å². The molecule has 4 heteroatoms. The number of aryl methyl sites for hydroxylation is 1. The summed E-state index contributed by atoms with van der Waals surface area (Å²) in [7, 11) is 2.20. The Hall–Kier alpha value is -0.450. The molecule has 3 nitrogen and oxygen atoms in total. The second kappa shape index (κ2) is 4.34. The van der Waals surface area contributed by atoms with Gasteiger partial charge in [-0.2, -0.15) is 0 Å². The van der Waals surface area contributed by atoms with Gasteiger partial charge in [0.2, 0.25) is 0 Å². The smallest absolute Gasteiger partial charge is 0.0975 e. The zero-order chi connectivity index (χ0) is 12.0. The second-order valence-corrected chi connectivity index (χ2v) is 6.74. The first-order chi connectivity index (χ1) is 8.13. The van der Waals surface area contributed by atoms with E-state index in [4.69, 9.17) is 10.7 Å². The van der Waals surface area contributed by atoms with Crippen LogP contribution in [0, 0.1) is 6.92 Å². The molecular weight excluding hydrogens is 230 g/mol. The number of likely N-dealkylation sites (tertiary alicyclic amines) is 1. The van der Waals surface area contributed by atoms with Gasteiger partial charge in [0.25, 0.3) is 0 Å². The normalized spacial score (nSPS) is 33.9. The van der Waals surface area contributed by atoms with E-state index >= 15 is 0 Å². The third-order valence-electron chi connectivity index (χ3n) is 4.13. The summed E-state index contributed by atoms with van der Waals surface area (Å²) in [6.07, 6.45) is 3.59. The molecule has 94 valence electrons. The van der Waals surface area contributed by atoms with Crippen molar-refractivity contribution in [3.63, 3.8) is 0 Å². The first kappa shape index (κ1) is 11.6. The highest BCUT2D eigenvalue weighted by Gasteiger charge is 2.32. The van der Waals surface area contributed by atoms with E-state index in [-0.39, 0.29) is 0 Å². The molecule has 1 aliphatic heterocycles. The Morgan fingerprint density at radius 3 is 2.71 bits per heavy atom. The van der Waals surface area contributed by atoms with Gasteiger partial charge in [0.05, 0.1) is 10.7 Å². The van der Waals surface area contributed by atoms with Gasteiger partial charge in [-0.05, 0) is 45.7 Å². The first-order valence-electron chi connectivity index (χ1n) is 6.55. The Kier molecular flexibility index (Phi) is 2.97. The van der Waals surface area contributed by atoms with Crippen molar-refractivity contribution in [2.45, 2.75) is 44.1 Å². The van der Waals surface area contributed by atoms with E-state index in [1.165, 1.54) is 35.1 Å². The lowest BCUT2D eigenvalue weighted by molar-refractivity contribution is 0.354. The summed E-state index contributed by atoms with van der Waals surface area (Å²) in [6.45, 7) is 4.56. The number of rotatable bonds is 2. The van der Waals surface area contributed by atoms with E-state index in [0.29, 0.717) is 17.9 Å². The molecule has 17 heavy (non-hydrogen) atoms. The molecule has 0 radical (unpaired) electrons. The third kappa shape index (κ3) is 2.14. The van der Waals surface area contributed by atoms with Crippen LogP contribution in [0.25, 0.3) is 0 Å². The maximum atomic E-state index is 5.88. The first-order valence-corrected chi connectivity index (χ1v) is 7.36. The monoisotopic (exact) mass is 251 g/mol. The van der Waals surface area contributed by atoms with Gasteiger partial charge in [-0.25, -0.2) is 4.98 Å². The minimum atomic E-state index is 0.433. The summed E-state index contributed by atoms with van der Waals surface area (Å²) in [5.41, 5.74) is 7.14. The largest absolute Gasteiger partial charge is 0.328 e. The number of hydrogen-bond acceptors (Lipinski definition) is 4. The highest BCUT2D eigenvalue weighted by atomic mass is 32.1. The zero-order valence-electron chi connectivity index (χ0n) is 10.6. The minimum Gasteiger partial charge on any atom is -0.328 e. The summed E-state index contributed by atoms with van der Waals surface area (Å²) >= 11 is 1.95. The summed E-state index contributed by atoms with van der Waals surface area (Å²) in [4.78, 5) is 8.72. The maximum Gasteiger partial charge on any atom is 0.0975 e. The Morgan fingerprint density at radius 2 is 2.12 bits per heavy atom. The van der Waals surface area contributed by atoms with Crippen molar-refractivity contribution in [1.29, 1.82) is 0 Å². The van der Waals surface area contributed by atoms with Gasteiger partial charge in [0.15, 0.2) is 0 Å². The average Bonchev–Trinajstić information content (AvgIpc) is 2.80. The van der Waals surface area contributed by atoms with Gasteiger partial charge in [0, 0.05) is 23.4 Å². The van der Waals surface area contributed by atoms with Crippen molar-refractivity contribution in [2.75, 3.05) is 20.1 Å². The van der Waals surface area contributed by atoms with Crippen LogP contribution in [0.1, 0.15) is 46.7 Å². The van der Waals surface area contributed by atoms with Crippen LogP contribution in [0.15, 0.2) is 0 Å². The van der Waals surface area contributed by atoms with Crippen LogP contribution in [0.5, 0.6) is 0 Å². The summed E-state index contributed by atoms with van der Waals surface area (Å²) in [6, 6.07) is 0.433. The molecule has 2 aliphatic rings. The molecular formula is C13H21N3S. The lowest BCUT2D eigenvalue weighted by Gasteiger charge is -2.31. The minimum absolute atomic E-state index is 0.433. The van der Waals surface area contributed by atoms with Crippen LogP contribution in [-0.4, -0.2) is 36.1 Å². The van der Waals surface area contributed by atoms with Crippen molar-refractivity contribution in [3.8, 4) is 0 Å². The molecule has 0 spiro atoms. The molecule has 1 atom stereocenters. The molecule has 1 saturated carbocycles. The molecule has 2 fully saturated rings. The summed E-state index contributed by atoms with van der Waals surface area (Å²) in [5, 5.41) is 1.36. The zero-order valence-corrected chi connectivity index (χ0v) is 11.5. The van der Waals surface area contributed by atoms with Gasteiger partial charge >= 0.3 is 0 Å². The van der Waals surface area contributed by atoms with Crippen molar-refractivity contribution < 1.29 is 0 Å². The predicted octanol–water partition coefficient (Wildman–Crippen LogP) is 2.08. The van der Waals surface area contributed by atoms with Gasteiger partial charge in [-0.3, -0.25) is 0 Å². The van der Waals surface area contributed by atoms with Crippen molar-refractivity contribution in [3.05, 3.63) is 15.6 Å². The van der Waals surface area contributed by atoms with E-state index in [1.807, 2.05) is 11.3 Å². The van der Waals surface area contributed by atoms with Gasteiger partial charge in [-0.15, -0.1) is 11.3 Å². The van der Waals surface area contributed by atoms with Crippen LogP contribution in [0.4, 0.5) is 0 Å². The molecule has 0 bridgehead atoms. The molecule has 1 aromatic rings. The molecule has 0 amide bonds. The van der Waals surface area contributed by atoms with Gasteiger partial charge in [-0.1, -0.05) is 0 Å². The van der Waals surface area contributed by atoms with Crippen LogP contribution >= 0.6 is 11.3 Å². The Balaban J connectivity index is 1.76. The lowest BCUT2D eigenvalue weighted by atomic mass is 9.79. The van der Waals surface area contributed by atoms with Gasteiger partial charge < -0.3 is 10.6 Å². The molecule has 2 N–H and O–H groups in total. The van der Waals surface area contributed by atoms with E-state index in [1.54, 1.807) is 0 Å². The number of nitrogens with zero attached hydrogens (tertiary/aromatic N) is 2. The van der Waals surface area contributed by atoms with E-state index in [9.17, 15) is 0 Å². The number of hydrogen-bond donors (Lipinski definition) is 1. The maximum absolute atomic E-state index is 5.88. The Morgan fingerprint density at radius 1 is 1.35 bits per heavy atom. The molecule has 1 saturated heterocycles. The fraction of sp³-hybridized carbons (Fsp3) is 0.769. The second-order valence-electron chi connectivity index (χ2n) is 5.68. The average molecular weight is 251 g/mol. The fourth-order valence-corrected chi connectivity index (χ4v) is 4.32. The highest BCUT2D eigenvalue weighted by molar-refractivity contribution is 7.12. The molecule has 2 heterocycles. The number of nitrogens with two attached hydrogens (primary N) is 1. The Labute approximate surface area is 107 Å². The summed E-state index contributed by atoms with van der Waals surface area (Å²) < 4.78 is 0. The number of thiazole rings is 1. The van der Waals surface area contributed by atoms with Crippen molar-refractivity contribution in [1.82, 2.24) is 9.88 Å². The lowest BCUT2D eigenvalue weighted by Crippen LogP contribution is -2.34. The molecule has 1 aromatic heterocycles. The fourth-order valence-electron chi connectivity index (χ4n) is 3.00. The molecule has 0 aromatic carbocycles. The van der Waals surface area contributed by atoms with E-state index < -0.39 is 0 Å². The third-order valence-corrected chi connectivity index (χ3v) is 5.62. The van der Waals surface area contributed by atoms with Gasteiger partial charge in [0.1, 0.15) is 0 Å².